The SMILES string of the molecule is N#Cc1ccccc1-c1ccc(/C=C2\SC(=S)N(c3cccc(F)c3)C2=O)o1. The van der Waals surface area contributed by atoms with Crippen molar-refractivity contribution in [3.8, 4) is 17.4 Å². The van der Waals surface area contributed by atoms with Gasteiger partial charge in [-0.1, -0.05) is 42.2 Å². The quantitative estimate of drug-likeness (QED) is 0.433. The van der Waals surface area contributed by atoms with Crippen molar-refractivity contribution in [2.75, 3.05) is 4.90 Å². The zero-order valence-electron chi connectivity index (χ0n) is 14.3. The number of hydrogen-bond acceptors (Lipinski definition) is 5. The molecule has 28 heavy (non-hydrogen) atoms. The van der Waals surface area contributed by atoms with Gasteiger partial charge in [0.1, 0.15) is 17.3 Å². The fourth-order valence-electron chi connectivity index (χ4n) is 2.81. The molecule has 0 atom stereocenters. The van der Waals surface area contributed by atoms with E-state index in [0.29, 0.717) is 37.6 Å². The number of hydrogen-bond donors (Lipinski definition) is 0. The molecule has 7 heteroatoms. The second kappa shape index (κ2) is 7.43. The predicted molar refractivity (Wildman–Crippen MR) is 111 cm³/mol. The summed E-state index contributed by atoms with van der Waals surface area (Å²) >= 11 is 6.41. The molecule has 0 spiro atoms. The highest BCUT2D eigenvalue weighted by Gasteiger charge is 2.33. The van der Waals surface area contributed by atoms with E-state index < -0.39 is 5.82 Å². The van der Waals surface area contributed by atoms with Gasteiger partial charge in [-0.2, -0.15) is 5.26 Å². The lowest BCUT2D eigenvalue weighted by Crippen LogP contribution is -2.27. The second-order valence-corrected chi connectivity index (χ2v) is 7.53. The zero-order valence-corrected chi connectivity index (χ0v) is 15.9. The standard InChI is InChI=1S/C21H11FN2O2S2/c22-14-5-3-6-15(10-14)24-20(25)19(28-21(24)27)11-16-8-9-18(26-16)17-7-2-1-4-13(17)12-23/h1-11H/b19-11-. The van der Waals surface area contributed by atoms with E-state index in [2.05, 4.69) is 6.07 Å². The maximum Gasteiger partial charge on any atom is 0.270 e. The number of carbonyl (C=O) groups excluding carboxylic acids is 1. The van der Waals surface area contributed by atoms with Gasteiger partial charge in [-0.15, -0.1) is 0 Å². The van der Waals surface area contributed by atoms with Crippen LogP contribution in [0.25, 0.3) is 17.4 Å². The molecule has 4 nitrogen and oxygen atoms in total. The normalized spacial score (nSPS) is 15.3. The first-order valence-corrected chi connectivity index (χ1v) is 9.42. The van der Waals surface area contributed by atoms with Crippen molar-refractivity contribution in [1.29, 1.82) is 5.26 Å². The van der Waals surface area contributed by atoms with E-state index in [1.807, 2.05) is 6.07 Å². The lowest BCUT2D eigenvalue weighted by molar-refractivity contribution is -0.113. The van der Waals surface area contributed by atoms with Crippen LogP contribution in [0.15, 0.2) is 70.0 Å². The summed E-state index contributed by atoms with van der Waals surface area (Å²) in [6.07, 6.45) is 1.59. The van der Waals surface area contributed by atoms with Crippen LogP contribution in [0.4, 0.5) is 10.1 Å². The Morgan fingerprint density at radius 3 is 2.75 bits per heavy atom. The summed E-state index contributed by atoms with van der Waals surface area (Å²) in [6.45, 7) is 0. The Bertz CT molecular complexity index is 1180. The minimum Gasteiger partial charge on any atom is -0.457 e. The first-order valence-electron chi connectivity index (χ1n) is 8.19. The van der Waals surface area contributed by atoms with Gasteiger partial charge in [-0.3, -0.25) is 9.69 Å². The average Bonchev–Trinajstić information content (AvgIpc) is 3.26. The summed E-state index contributed by atoms with van der Waals surface area (Å²) < 4.78 is 19.6. The molecule has 0 unspecified atom stereocenters. The molecular formula is C21H11FN2O2S2. The van der Waals surface area contributed by atoms with Crippen molar-refractivity contribution >= 4 is 46.0 Å². The Kier molecular flexibility index (Phi) is 4.82. The van der Waals surface area contributed by atoms with Crippen LogP contribution in [0, 0.1) is 17.1 Å². The van der Waals surface area contributed by atoms with Gasteiger partial charge in [0.25, 0.3) is 5.91 Å². The van der Waals surface area contributed by atoms with Gasteiger partial charge in [0.15, 0.2) is 4.32 Å². The highest BCUT2D eigenvalue weighted by atomic mass is 32.2. The number of nitrogens with zero attached hydrogens (tertiary/aromatic N) is 2. The number of benzene rings is 2. The smallest absolute Gasteiger partial charge is 0.270 e. The molecule has 2 aromatic carbocycles. The van der Waals surface area contributed by atoms with E-state index in [0.717, 1.165) is 11.8 Å². The maximum absolute atomic E-state index is 13.5. The summed E-state index contributed by atoms with van der Waals surface area (Å²) in [4.78, 5) is 14.4. The molecule has 0 saturated carbocycles. The van der Waals surface area contributed by atoms with E-state index >= 15 is 0 Å². The van der Waals surface area contributed by atoms with Crippen LogP contribution in [-0.4, -0.2) is 10.2 Å². The van der Waals surface area contributed by atoms with Gasteiger partial charge in [0, 0.05) is 11.6 Å². The Morgan fingerprint density at radius 2 is 1.96 bits per heavy atom. The fraction of sp³-hybridized carbons (Fsp3) is 0. The van der Waals surface area contributed by atoms with Crippen LogP contribution in [0.5, 0.6) is 0 Å². The summed E-state index contributed by atoms with van der Waals surface area (Å²) in [5.74, 6) is 0.213. The summed E-state index contributed by atoms with van der Waals surface area (Å²) in [6, 6.07) is 18.4. The van der Waals surface area contributed by atoms with Crippen LogP contribution in [-0.2, 0) is 4.79 Å². The molecular weight excluding hydrogens is 395 g/mol. The Hall–Kier alpha value is -3.21. The number of nitriles is 1. The summed E-state index contributed by atoms with van der Waals surface area (Å²) in [5, 5.41) is 9.24. The molecule has 1 aliphatic heterocycles. The third kappa shape index (κ3) is 3.36. The lowest BCUT2D eigenvalue weighted by atomic mass is 10.1. The van der Waals surface area contributed by atoms with Gasteiger partial charge in [-0.25, -0.2) is 4.39 Å². The minimum absolute atomic E-state index is 0.323. The third-order valence-corrected chi connectivity index (χ3v) is 5.38. The maximum atomic E-state index is 13.5. The van der Waals surface area contributed by atoms with Gasteiger partial charge in [0.05, 0.1) is 22.2 Å². The second-order valence-electron chi connectivity index (χ2n) is 5.86. The highest BCUT2D eigenvalue weighted by molar-refractivity contribution is 8.27. The van der Waals surface area contributed by atoms with Crippen LogP contribution in [0.2, 0.25) is 0 Å². The van der Waals surface area contributed by atoms with Gasteiger partial charge >= 0.3 is 0 Å². The molecule has 136 valence electrons. The number of thioether (sulfide) groups is 1. The van der Waals surface area contributed by atoms with Gasteiger partial charge in [-0.05, 0) is 42.5 Å². The van der Waals surface area contributed by atoms with Crippen molar-refractivity contribution in [1.82, 2.24) is 0 Å². The summed E-state index contributed by atoms with van der Waals surface area (Å²) in [7, 11) is 0. The Morgan fingerprint density at radius 1 is 1.14 bits per heavy atom. The molecule has 1 fully saturated rings. The van der Waals surface area contributed by atoms with Crippen molar-refractivity contribution in [2.24, 2.45) is 0 Å². The first-order chi connectivity index (χ1) is 13.6. The Balaban J connectivity index is 1.64. The average molecular weight is 406 g/mol. The molecule has 1 amide bonds. The van der Waals surface area contributed by atoms with Crippen molar-refractivity contribution in [3.05, 3.63) is 82.7 Å². The van der Waals surface area contributed by atoms with Crippen molar-refractivity contribution in [2.45, 2.75) is 0 Å². The van der Waals surface area contributed by atoms with Crippen LogP contribution < -0.4 is 4.90 Å². The molecule has 1 saturated heterocycles. The van der Waals surface area contributed by atoms with E-state index in [1.165, 1.54) is 23.1 Å². The molecule has 2 heterocycles. The van der Waals surface area contributed by atoms with E-state index in [9.17, 15) is 14.4 Å². The van der Waals surface area contributed by atoms with Crippen LogP contribution in [0.3, 0.4) is 0 Å². The monoisotopic (exact) mass is 406 g/mol. The van der Waals surface area contributed by atoms with Gasteiger partial charge < -0.3 is 4.42 Å². The third-order valence-electron chi connectivity index (χ3n) is 4.07. The van der Waals surface area contributed by atoms with Crippen LogP contribution in [0.1, 0.15) is 11.3 Å². The molecule has 0 aliphatic carbocycles. The molecule has 1 aromatic heterocycles. The lowest BCUT2D eigenvalue weighted by Gasteiger charge is -2.14. The number of thiocarbonyl (C=S) groups is 1. The molecule has 4 rings (SSSR count). The number of furan rings is 1. The molecule has 0 radical (unpaired) electrons. The number of halogens is 1. The molecule has 0 bridgehead atoms. The largest absolute Gasteiger partial charge is 0.457 e. The topological polar surface area (TPSA) is 57.2 Å². The fourth-order valence-corrected chi connectivity index (χ4v) is 4.08. The van der Waals surface area contributed by atoms with Gasteiger partial charge in [0.2, 0.25) is 0 Å². The van der Waals surface area contributed by atoms with Crippen LogP contribution >= 0.6 is 24.0 Å². The molecule has 0 N–H and O–H groups in total. The summed E-state index contributed by atoms with van der Waals surface area (Å²) in [5.41, 5.74) is 1.56. The molecule has 3 aromatic rings. The Labute approximate surface area is 169 Å². The van der Waals surface area contributed by atoms with Crippen molar-refractivity contribution in [3.63, 3.8) is 0 Å². The minimum atomic E-state index is -0.442. The molecule has 1 aliphatic rings. The number of rotatable bonds is 3. The number of carbonyl (C=O) groups is 1. The van der Waals surface area contributed by atoms with E-state index in [4.69, 9.17) is 16.6 Å². The predicted octanol–water partition coefficient (Wildman–Crippen LogP) is 5.36. The van der Waals surface area contributed by atoms with E-state index in [-0.39, 0.29) is 5.91 Å². The zero-order chi connectivity index (χ0) is 19.7. The first kappa shape index (κ1) is 18.2. The number of anilines is 1. The van der Waals surface area contributed by atoms with E-state index in [1.54, 1.807) is 42.5 Å². The van der Waals surface area contributed by atoms with Crippen molar-refractivity contribution < 1.29 is 13.6 Å². The number of amides is 1. The highest BCUT2D eigenvalue weighted by Crippen LogP contribution is 2.37.